The quantitative estimate of drug-likeness (QED) is 0.715. The Balaban J connectivity index is 2.28. The largest absolute Gasteiger partial charge is 0.382 e. The van der Waals surface area contributed by atoms with Crippen molar-refractivity contribution in [1.29, 1.82) is 0 Å². The van der Waals surface area contributed by atoms with E-state index in [-0.39, 0.29) is 0 Å². The highest BCUT2D eigenvalue weighted by atomic mass is 35.5. The first-order chi connectivity index (χ1) is 8.66. The molecule has 18 heavy (non-hydrogen) atoms. The molecule has 0 amide bonds. The van der Waals surface area contributed by atoms with Crippen molar-refractivity contribution in [3.05, 3.63) is 35.5 Å². The van der Waals surface area contributed by atoms with Crippen LogP contribution in [0.4, 0.5) is 11.6 Å². The summed E-state index contributed by atoms with van der Waals surface area (Å²) in [6, 6.07) is 7.90. The standard InChI is InChI=1S/C12H9ClN4S/c13-9-6-3-1-2-4-7(6)18-11(9)10-12(15)17-8(14)5-16-10/h1-5H,(H4,14,15,17). The molecule has 0 spiro atoms. The molecule has 2 aromatic heterocycles. The summed E-state index contributed by atoms with van der Waals surface area (Å²) in [6.45, 7) is 0. The molecule has 0 saturated heterocycles. The third kappa shape index (κ3) is 1.68. The van der Waals surface area contributed by atoms with Crippen LogP contribution in [-0.2, 0) is 0 Å². The van der Waals surface area contributed by atoms with E-state index in [0.717, 1.165) is 15.0 Å². The number of hydrogen-bond acceptors (Lipinski definition) is 5. The molecule has 0 aliphatic carbocycles. The van der Waals surface area contributed by atoms with Gasteiger partial charge in [0.1, 0.15) is 11.5 Å². The Morgan fingerprint density at radius 2 is 1.94 bits per heavy atom. The molecule has 3 rings (SSSR count). The first-order valence-electron chi connectivity index (χ1n) is 5.22. The van der Waals surface area contributed by atoms with Gasteiger partial charge in [0.25, 0.3) is 0 Å². The minimum absolute atomic E-state index is 0.295. The van der Waals surface area contributed by atoms with Crippen LogP contribution in [0, 0.1) is 0 Å². The summed E-state index contributed by atoms with van der Waals surface area (Å²) in [7, 11) is 0. The van der Waals surface area contributed by atoms with E-state index in [1.807, 2.05) is 24.3 Å². The van der Waals surface area contributed by atoms with Gasteiger partial charge >= 0.3 is 0 Å². The molecule has 0 aliphatic rings. The van der Waals surface area contributed by atoms with Crippen LogP contribution < -0.4 is 11.5 Å². The van der Waals surface area contributed by atoms with E-state index in [4.69, 9.17) is 23.1 Å². The Hall–Kier alpha value is -1.85. The summed E-state index contributed by atoms with van der Waals surface area (Å²) in [6.07, 6.45) is 1.48. The number of thiophene rings is 1. The Morgan fingerprint density at radius 1 is 1.17 bits per heavy atom. The molecule has 0 unspecified atom stereocenters. The van der Waals surface area contributed by atoms with Gasteiger partial charge in [-0.15, -0.1) is 11.3 Å². The summed E-state index contributed by atoms with van der Waals surface area (Å²) in [5.74, 6) is 0.594. The number of halogens is 1. The van der Waals surface area contributed by atoms with E-state index in [1.165, 1.54) is 6.20 Å². The van der Waals surface area contributed by atoms with Crippen molar-refractivity contribution >= 4 is 44.7 Å². The number of nitrogens with two attached hydrogens (primary N) is 2. The van der Waals surface area contributed by atoms with Gasteiger partial charge in [0, 0.05) is 10.1 Å². The molecule has 0 saturated carbocycles. The number of anilines is 2. The Morgan fingerprint density at radius 3 is 2.67 bits per heavy atom. The second-order valence-corrected chi connectivity index (χ2v) is 5.20. The monoisotopic (exact) mass is 276 g/mol. The molecule has 6 heteroatoms. The third-order valence-corrected chi connectivity index (χ3v) is 4.25. The zero-order valence-corrected chi connectivity index (χ0v) is 10.8. The number of fused-ring (bicyclic) bond motifs is 1. The van der Waals surface area contributed by atoms with Gasteiger partial charge in [0.05, 0.1) is 16.1 Å². The van der Waals surface area contributed by atoms with Crippen molar-refractivity contribution in [2.75, 3.05) is 11.5 Å². The Labute approximate surface area is 112 Å². The van der Waals surface area contributed by atoms with Crippen LogP contribution in [0.5, 0.6) is 0 Å². The third-order valence-electron chi connectivity index (χ3n) is 2.57. The van der Waals surface area contributed by atoms with Crippen molar-refractivity contribution in [2.45, 2.75) is 0 Å². The van der Waals surface area contributed by atoms with Gasteiger partial charge in [-0.3, -0.25) is 0 Å². The summed E-state index contributed by atoms with van der Waals surface area (Å²) < 4.78 is 1.09. The van der Waals surface area contributed by atoms with Crippen LogP contribution in [-0.4, -0.2) is 9.97 Å². The van der Waals surface area contributed by atoms with Crippen molar-refractivity contribution in [1.82, 2.24) is 9.97 Å². The molecule has 0 bridgehead atoms. The van der Waals surface area contributed by atoms with E-state index in [0.29, 0.717) is 22.4 Å². The zero-order valence-electron chi connectivity index (χ0n) is 9.22. The minimum atomic E-state index is 0.295. The van der Waals surface area contributed by atoms with E-state index >= 15 is 0 Å². The number of nitrogen functional groups attached to an aromatic ring is 2. The number of nitrogens with zero attached hydrogens (tertiary/aromatic N) is 2. The highest BCUT2D eigenvalue weighted by molar-refractivity contribution is 7.23. The average Bonchev–Trinajstić information content (AvgIpc) is 2.68. The smallest absolute Gasteiger partial charge is 0.153 e. The maximum Gasteiger partial charge on any atom is 0.153 e. The fraction of sp³-hybridized carbons (Fsp3) is 0. The molecule has 0 atom stereocenters. The molecule has 2 heterocycles. The lowest BCUT2D eigenvalue weighted by molar-refractivity contribution is 1.23. The molecule has 4 N–H and O–H groups in total. The molecular weight excluding hydrogens is 268 g/mol. The maximum atomic E-state index is 6.36. The molecule has 90 valence electrons. The van der Waals surface area contributed by atoms with E-state index < -0.39 is 0 Å². The highest BCUT2D eigenvalue weighted by Crippen LogP contribution is 2.42. The van der Waals surface area contributed by atoms with Gasteiger partial charge in [0.15, 0.2) is 5.82 Å². The van der Waals surface area contributed by atoms with Crippen LogP contribution in [0.2, 0.25) is 5.02 Å². The van der Waals surface area contributed by atoms with Gasteiger partial charge in [-0.05, 0) is 6.07 Å². The number of benzene rings is 1. The van der Waals surface area contributed by atoms with E-state index in [9.17, 15) is 0 Å². The predicted octanol–water partition coefficient (Wildman–Crippen LogP) is 3.18. The molecule has 0 radical (unpaired) electrons. The lowest BCUT2D eigenvalue weighted by Crippen LogP contribution is -2.00. The van der Waals surface area contributed by atoms with Crippen molar-refractivity contribution in [2.24, 2.45) is 0 Å². The van der Waals surface area contributed by atoms with Gasteiger partial charge in [-0.25, -0.2) is 9.97 Å². The summed E-state index contributed by atoms with van der Waals surface area (Å²) in [4.78, 5) is 9.04. The van der Waals surface area contributed by atoms with E-state index in [1.54, 1.807) is 11.3 Å². The second kappa shape index (κ2) is 4.12. The predicted molar refractivity (Wildman–Crippen MR) is 76.7 cm³/mol. The number of aromatic nitrogens is 2. The van der Waals surface area contributed by atoms with Gasteiger partial charge in [-0.1, -0.05) is 29.8 Å². The SMILES string of the molecule is Nc1cnc(-c2sc3ccccc3c2Cl)c(N)n1. The van der Waals surface area contributed by atoms with Crippen molar-refractivity contribution in [3.63, 3.8) is 0 Å². The molecule has 4 nitrogen and oxygen atoms in total. The summed E-state index contributed by atoms with van der Waals surface area (Å²) in [5, 5.41) is 1.65. The first kappa shape index (κ1) is 11.3. The van der Waals surface area contributed by atoms with Crippen LogP contribution in [0.25, 0.3) is 20.7 Å². The first-order valence-corrected chi connectivity index (χ1v) is 6.41. The molecule has 0 fully saturated rings. The fourth-order valence-corrected chi connectivity index (χ4v) is 3.29. The van der Waals surface area contributed by atoms with E-state index in [2.05, 4.69) is 9.97 Å². The lowest BCUT2D eigenvalue weighted by atomic mass is 10.2. The minimum Gasteiger partial charge on any atom is -0.382 e. The second-order valence-electron chi connectivity index (χ2n) is 3.77. The van der Waals surface area contributed by atoms with Gasteiger partial charge in [0.2, 0.25) is 0 Å². The molecular formula is C12H9ClN4S. The highest BCUT2D eigenvalue weighted by Gasteiger charge is 2.15. The van der Waals surface area contributed by atoms with Crippen LogP contribution >= 0.6 is 22.9 Å². The topological polar surface area (TPSA) is 77.8 Å². The normalized spacial score (nSPS) is 10.9. The van der Waals surface area contributed by atoms with Crippen LogP contribution in [0.3, 0.4) is 0 Å². The molecule has 0 aliphatic heterocycles. The van der Waals surface area contributed by atoms with Crippen molar-refractivity contribution < 1.29 is 0 Å². The van der Waals surface area contributed by atoms with Gasteiger partial charge in [-0.2, -0.15) is 0 Å². The molecule has 3 aromatic rings. The van der Waals surface area contributed by atoms with Crippen LogP contribution in [0.15, 0.2) is 30.5 Å². The zero-order chi connectivity index (χ0) is 12.7. The average molecular weight is 277 g/mol. The fourth-order valence-electron chi connectivity index (χ4n) is 1.76. The Kier molecular flexibility index (Phi) is 2.57. The number of hydrogen-bond donors (Lipinski definition) is 2. The summed E-state index contributed by atoms with van der Waals surface area (Å²) >= 11 is 7.90. The van der Waals surface area contributed by atoms with Gasteiger partial charge < -0.3 is 11.5 Å². The summed E-state index contributed by atoms with van der Waals surface area (Å²) in [5.41, 5.74) is 12.0. The Bertz CT molecular complexity index is 738. The lowest BCUT2D eigenvalue weighted by Gasteiger charge is -2.02. The number of rotatable bonds is 1. The maximum absolute atomic E-state index is 6.36. The van der Waals surface area contributed by atoms with Crippen molar-refractivity contribution in [3.8, 4) is 10.6 Å². The molecule has 1 aromatic carbocycles. The van der Waals surface area contributed by atoms with Crippen LogP contribution in [0.1, 0.15) is 0 Å².